The second-order valence-corrected chi connectivity index (χ2v) is 7.49. The summed E-state index contributed by atoms with van der Waals surface area (Å²) in [7, 11) is 0. The fourth-order valence-corrected chi connectivity index (χ4v) is 3.57. The predicted octanol–water partition coefficient (Wildman–Crippen LogP) is 4.13. The molecule has 28 heavy (non-hydrogen) atoms. The number of nitrogens with zero attached hydrogens (tertiary/aromatic N) is 3. The number of aryl methyl sites for hydroxylation is 1. The molecule has 0 atom stereocenters. The molecule has 0 fully saturated rings. The number of aromatic nitrogens is 4. The van der Waals surface area contributed by atoms with Crippen molar-refractivity contribution in [3.05, 3.63) is 69.9 Å². The zero-order valence-corrected chi connectivity index (χ0v) is 16.4. The Morgan fingerprint density at radius 3 is 2.82 bits per heavy atom. The van der Waals surface area contributed by atoms with Gasteiger partial charge in [-0.05, 0) is 42.8 Å². The fraction of sp³-hybridized carbons (Fsp3) is 0.211. The van der Waals surface area contributed by atoms with Gasteiger partial charge in [-0.25, -0.2) is 4.79 Å². The Morgan fingerprint density at radius 2 is 1.96 bits per heavy atom. The van der Waals surface area contributed by atoms with Crippen molar-refractivity contribution in [3.63, 3.8) is 0 Å². The van der Waals surface area contributed by atoms with Crippen molar-refractivity contribution in [1.82, 2.24) is 19.7 Å². The Kier molecular flexibility index (Phi) is 5.68. The molecule has 0 radical (unpaired) electrons. The van der Waals surface area contributed by atoms with Gasteiger partial charge in [0.25, 0.3) is 11.1 Å². The smallest absolute Gasteiger partial charge is 0.326 e. The van der Waals surface area contributed by atoms with Gasteiger partial charge in [0, 0.05) is 17.3 Å². The number of thioether (sulfide) groups is 1. The summed E-state index contributed by atoms with van der Waals surface area (Å²) in [6, 6.07) is 14.7. The molecule has 0 amide bonds. The molecule has 0 aliphatic carbocycles. The van der Waals surface area contributed by atoms with Crippen LogP contribution in [0.2, 0.25) is 5.02 Å². The van der Waals surface area contributed by atoms with Crippen molar-refractivity contribution in [2.24, 2.45) is 0 Å². The van der Waals surface area contributed by atoms with E-state index >= 15 is 0 Å². The standard InChI is InChI=1S/C19H17ClN4O3S/c20-13-6-8-14(9-7-13)26-12-17-22-23-19(27-17)28-11-3-10-24-16-5-2-1-4-15(16)21-18(24)25/h1-2,4-9H,3,10-12H2,(H,21,25). The third kappa shape index (κ3) is 4.40. The highest BCUT2D eigenvalue weighted by Crippen LogP contribution is 2.20. The summed E-state index contributed by atoms with van der Waals surface area (Å²) in [6.45, 7) is 0.816. The number of ether oxygens (including phenoxy) is 1. The molecule has 4 aromatic rings. The number of imidazole rings is 1. The van der Waals surface area contributed by atoms with Gasteiger partial charge in [0.15, 0.2) is 6.61 Å². The van der Waals surface area contributed by atoms with E-state index in [0.29, 0.717) is 28.4 Å². The van der Waals surface area contributed by atoms with Gasteiger partial charge in [-0.1, -0.05) is 35.5 Å². The molecule has 1 N–H and O–H groups in total. The van der Waals surface area contributed by atoms with Crippen LogP contribution in [0, 0.1) is 0 Å². The minimum absolute atomic E-state index is 0.0920. The summed E-state index contributed by atoms with van der Waals surface area (Å²) < 4.78 is 12.9. The lowest BCUT2D eigenvalue weighted by atomic mass is 10.3. The van der Waals surface area contributed by atoms with Crippen molar-refractivity contribution in [2.45, 2.75) is 24.8 Å². The molecule has 0 saturated heterocycles. The molecule has 0 aliphatic rings. The Hall–Kier alpha value is -2.71. The molecular weight excluding hydrogens is 400 g/mol. The number of halogens is 1. The van der Waals surface area contributed by atoms with Crippen LogP contribution in [0.3, 0.4) is 0 Å². The molecule has 7 nitrogen and oxygen atoms in total. The van der Waals surface area contributed by atoms with Crippen molar-refractivity contribution in [2.75, 3.05) is 5.75 Å². The normalized spacial score (nSPS) is 11.2. The highest BCUT2D eigenvalue weighted by molar-refractivity contribution is 7.99. The van der Waals surface area contributed by atoms with Crippen LogP contribution < -0.4 is 10.4 Å². The van der Waals surface area contributed by atoms with Gasteiger partial charge >= 0.3 is 5.69 Å². The molecule has 0 spiro atoms. The van der Waals surface area contributed by atoms with Crippen LogP contribution in [0.4, 0.5) is 0 Å². The van der Waals surface area contributed by atoms with Crippen molar-refractivity contribution in [1.29, 1.82) is 0 Å². The predicted molar refractivity (Wildman–Crippen MR) is 108 cm³/mol. The molecule has 0 saturated carbocycles. The summed E-state index contributed by atoms with van der Waals surface area (Å²) >= 11 is 7.30. The summed E-state index contributed by atoms with van der Waals surface area (Å²) in [5.41, 5.74) is 1.67. The van der Waals surface area contributed by atoms with Crippen LogP contribution in [0.15, 0.2) is 63.0 Å². The molecule has 2 aromatic carbocycles. The van der Waals surface area contributed by atoms with Gasteiger partial charge in [0.2, 0.25) is 0 Å². The summed E-state index contributed by atoms with van der Waals surface area (Å²) in [5.74, 6) is 1.84. The number of hydrogen-bond acceptors (Lipinski definition) is 6. The number of aromatic amines is 1. The number of hydrogen-bond donors (Lipinski definition) is 1. The highest BCUT2D eigenvalue weighted by atomic mass is 35.5. The Labute approximate surface area is 169 Å². The number of H-pyrrole nitrogens is 1. The zero-order valence-electron chi connectivity index (χ0n) is 14.8. The Morgan fingerprint density at radius 1 is 1.14 bits per heavy atom. The number of rotatable bonds is 8. The summed E-state index contributed by atoms with van der Waals surface area (Å²) in [6.07, 6.45) is 0.797. The van der Waals surface area contributed by atoms with Gasteiger partial charge in [-0.15, -0.1) is 10.2 Å². The monoisotopic (exact) mass is 416 g/mol. The Balaban J connectivity index is 1.26. The van der Waals surface area contributed by atoms with E-state index in [2.05, 4.69) is 15.2 Å². The van der Waals surface area contributed by atoms with Gasteiger partial charge in [0.05, 0.1) is 11.0 Å². The first kappa shape index (κ1) is 18.6. The molecule has 2 heterocycles. The lowest BCUT2D eigenvalue weighted by molar-refractivity contribution is 0.252. The van der Waals surface area contributed by atoms with Gasteiger partial charge in [-0.3, -0.25) is 4.57 Å². The van der Waals surface area contributed by atoms with Gasteiger partial charge in [0.1, 0.15) is 5.75 Å². The molecule has 2 aromatic heterocycles. The topological polar surface area (TPSA) is 85.9 Å². The maximum atomic E-state index is 12.1. The van der Waals surface area contributed by atoms with Gasteiger partial charge < -0.3 is 14.1 Å². The molecule has 0 unspecified atom stereocenters. The minimum atomic E-state index is -0.0920. The largest absolute Gasteiger partial charge is 0.484 e. The SMILES string of the molecule is O=c1[nH]c2ccccc2n1CCCSc1nnc(COc2ccc(Cl)cc2)o1. The van der Waals surface area contributed by atoms with Gasteiger partial charge in [-0.2, -0.15) is 0 Å². The maximum Gasteiger partial charge on any atom is 0.326 e. The first-order valence-corrected chi connectivity index (χ1v) is 10.1. The van der Waals surface area contributed by atoms with E-state index in [1.54, 1.807) is 28.8 Å². The van der Waals surface area contributed by atoms with E-state index < -0.39 is 0 Å². The van der Waals surface area contributed by atoms with Crippen LogP contribution in [-0.4, -0.2) is 25.5 Å². The molecule has 4 rings (SSSR count). The minimum Gasteiger partial charge on any atom is -0.484 e. The molecular formula is C19H17ClN4O3S. The fourth-order valence-electron chi connectivity index (χ4n) is 2.74. The average molecular weight is 417 g/mol. The second kappa shape index (κ2) is 8.53. The third-order valence-corrected chi connectivity index (χ3v) is 5.21. The average Bonchev–Trinajstić information content (AvgIpc) is 3.28. The van der Waals surface area contributed by atoms with E-state index in [1.807, 2.05) is 24.3 Å². The first-order valence-electron chi connectivity index (χ1n) is 8.70. The second-order valence-electron chi connectivity index (χ2n) is 6.01. The lowest BCUT2D eigenvalue weighted by Crippen LogP contribution is -2.17. The number of fused-ring (bicyclic) bond motifs is 1. The summed E-state index contributed by atoms with van der Waals surface area (Å²) in [5, 5.41) is 9.14. The number of para-hydroxylation sites is 2. The van der Waals surface area contributed by atoms with E-state index in [1.165, 1.54) is 11.8 Å². The third-order valence-electron chi connectivity index (χ3n) is 4.06. The molecule has 0 aliphatic heterocycles. The quantitative estimate of drug-likeness (QED) is 0.343. The van der Waals surface area contributed by atoms with Crippen molar-refractivity contribution >= 4 is 34.4 Å². The van der Waals surface area contributed by atoms with E-state index in [4.69, 9.17) is 20.8 Å². The Bertz CT molecular complexity index is 1120. The van der Waals surface area contributed by atoms with E-state index in [0.717, 1.165) is 23.2 Å². The van der Waals surface area contributed by atoms with Crippen LogP contribution in [0.1, 0.15) is 12.3 Å². The van der Waals surface area contributed by atoms with Crippen molar-refractivity contribution in [3.8, 4) is 5.75 Å². The van der Waals surface area contributed by atoms with Crippen LogP contribution >= 0.6 is 23.4 Å². The molecule has 144 valence electrons. The number of benzene rings is 2. The van der Waals surface area contributed by atoms with Crippen LogP contribution in [0.5, 0.6) is 5.75 Å². The zero-order chi connectivity index (χ0) is 19.3. The van der Waals surface area contributed by atoms with Crippen LogP contribution in [0.25, 0.3) is 11.0 Å². The maximum absolute atomic E-state index is 12.1. The number of nitrogens with one attached hydrogen (secondary N) is 1. The highest BCUT2D eigenvalue weighted by Gasteiger charge is 2.09. The van der Waals surface area contributed by atoms with Crippen LogP contribution in [-0.2, 0) is 13.2 Å². The summed E-state index contributed by atoms with van der Waals surface area (Å²) in [4.78, 5) is 14.9. The lowest BCUT2D eigenvalue weighted by Gasteiger charge is -2.03. The first-order chi connectivity index (χ1) is 13.7. The molecule has 0 bridgehead atoms. The van der Waals surface area contributed by atoms with E-state index in [-0.39, 0.29) is 12.3 Å². The van der Waals surface area contributed by atoms with E-state index in [9.17, 15) is 4.79 Å². The van der Waals surface area contributed by atoms with Crippen molar-refractivity contribution < 1.29 is 9.15 Å². The molecule has 9 heteroatoms.